The van der Waals surface area contributed by atoms with Gasteiger partial charge in [-0.3, -0.25) is 0 Å². The molecule has 1 aromatic rings. The molecule has 0 aromatic carbocycles. The minimum Gasteiger partial charge on any atom is -0.355 e. The van der Waals surface area contributed by atoms with Crippen LogP contribution in [0.25, 0.3) is 0 Å². The molecule has 21 heavy (non-hydrogen) atoms. The second-order valence-electron chi connectivity index (χ2n) is 5.55. The van der Waals surface area contributed by atoms with E-state index >= 15 is 0 Å². The summed E-state index contributed by atoms with van der Waals surface area (Å²) >= 11 is 0. The summed E-state index contributed by atoms with van der Waals surface area (Å²) in [6.07, 6.45) is 1.64. The fourth-order valence-corrected chi connectivity index (χ4v) is 3.12. The Labute approximate surface area is 120 Å². The average molecular weight is 293 g/mol. The molecule has 1 saturated heterocycles. The van der Waals surface area contributed by atoms with Crippen LogP contribution in [0.3, 0.4) is 0 Å². The van der Waals surface area contributed by atoms with Gasteiger partial charge in [-0.2, -0.15) is 18.4 Å². The van der Waals surface area contributed by atoms with Gasteiger partial charge in [0.15, 0.2) is 0 Å². The fraction of sp³-hybridized carbons (Fsp3) is 0.467. The molecule has 6 heteroatoms. The minimum absolute atomic E-state index is 0.168. The van der Waals surface area contributed by atoms with Gasteiger partial charge in [-0.15, -0.1) is 0 Å². The molecule has 1 aliphatic heterocycles. The molecule has 2 heterocycles. The molecule has 0 bridgehead atoms. The molecule has 0 amide bonds. The maximum Gasteiger partial charge on any atom is 0.433 e. The molecule has 2 aliphatic rings. The molecule has 1 aromatic heterocycles. The Balaban J connectivity index is 1.93. The van der Waals surface area contributed by atoms with Crippen LogP contribution >= 0.6 is 0 Å². The average Bonchev–Trinajstić information content (AvgIpc) is 2.89. The molecule has 2 atom stereocenters. The first-order valence-corrected chi connectivity index (χ1v) is 6.87. The standard InChI is InChI=1S/C15H14F3N3/c16-15(17,18)13-6-5-10(7-19)14(20-13)21-8-11-3-1-2-4-12(11)9-21/h1-2,5-6,11-12H,3-4,8-9H2. The van der Waals surface area contributed by atoms with Crippen molar-refractivity contribution >= 4 is 5.82 Å². The lowest BCUT2D eigenvalue weighted by Gasteiger charge is -2.20. The zero-order valence-corrected chi connectivity index (χ0v) is 11.3. The normalized spacial score (nSPS) is 24.8. The third-order valence-corrected chi connectivity index (χ3v) is 4.21. The number of hydrogen-bond acceptors (Lipinski definition) is 3. The van der Waals surface area contributed by atoms with Crippen molar-refractivity contribution in [1.82, 2.24) is 4.98 Å². The summed E-state index contributed by atoms with van der Waals surface area (Å²) in [5.41, 5.74) is -0.737. The van der Waals surface area contributed by atoms with Gasteiger partial charge in [-0.05, 0) is 36.8 Å². The van der Waals surface area contributed by atoms with Crippen molar-refractivity contribution < 1.29 is 13.2 Å². The van der Waals surface area contributed by atoms with Gasteiger partial charge in [0, 0.05) is 13.1 Å². The first kappa shape index (κ1) is 13.9. The van der Waals surface area contributed by atoms with E-state index in [2.05, 4.69) is 17.1 Å². The molecule has 0 radical (unpaired) electrons. The van der Waals surface area contributed by atoms with Gasteiger partial charge < -0.3 is 4.90 Å². The van der Waals surface area contributed by atoms with E-state index in [0.717, 1.165) is 18.9 Å². The van der Waals surface area contributed by atoms with E-state index in [1.165, 1.54) is 6.07 Å². The molecule has 2 unspecified atom stereocenters. The van der Waals surface area contributed by atoms with Gasteiger partial charge in [0.2, 0.25) is 0 Å². The number of aromatic nitrogens is 1. The molecule has 0 N–H and O–H groups in total. The summed E-state index contributed by atoms with van der Waals surface area (Å²) in [6.45, 7) is 1.33. The topological polar surface area (TPSA) is 39.9 Å². The smallest absolute Gasteiger partial charge is 0.355 e. The van der Waals surface area contributed by atoms with Gasteiger partial charge in [0.25, 0.3) is 0 Å². The molecule has 3 nitrogen and oxygen atoms in total. The summed E-state index contributed by atoms with van der Waals surface area (Å²) < 4.78 is 38.4. The molecule has 3 rings (SSSR count). The van der Waals surface area contributed by atoms with Crippen molar-refractivity contribution in [3.05, 3.63) is 35.5 Å². The number of anilines is 1. The second-order valence-corrected chi connectivity index (χ2v) is 5.55. The zero-order chi connectivity index (χ0) is 15.0. The summed E-state index contributed by atoms with van der Waals surface area (Å²) in [5, 5.41) is 9.12. The first-order valence-electron chi connectivity index (χ1n) is 6.87. The quantitative estimate of drug-likeness (QED) is 0.745. The monoisotopic (exact) mass is 293 g/mol. The van der Waals surface area contributed by atoms with E-state index < -0.39 is 11.9 Å². The van der Waals surface area contributed by atoms with Crippen LogP contribution in [0, 0.1) is 23.2 Å². The summed E-state index contributed by atoms with van der Waals surface area (Å²) in [6, 6.07) is 4.03. The number of fused-ring (bicyclic) bond motifs is 1. The van der Waals surface area contributed by atoms with E-state index in [1.807, 2.05) is 11.0 Å². The number of nitriles is 1. The van der Waals surface area contributed by atoms with E-state index in [0.29, 0.717) is 24.9 Å². The first-order chi connectivity index (χ1) is 9.99. The fourth-order valence-electron chi connectivity index (χ4n) is 3.12. The van der Waals surface area contributed by atoms with Crippen LogP contribution in [-0.4, -0.2) is 18.1 Å². The molecule has 0 spiro atoms. The van der Waals surface area contributed by atoms with Crippen molar-refractivity contribution in [1.29, 1.82) is 5.26 Å². The lowest BCUT2D eigenvalue weighted by molar-refractivity contribution is -0.141. The lowest BCUT2D eigenvalue weighted by Crippen LogP contribution is -2.23. The van der Waals surface area contributed by atoms with E-state index in [9.17, 15) is 13.2 Å². The van der Waals surface area contributed by atoms with Crippen LogP contribution in [0.15, 0.2) is 24.3 Å². The Kier molecular flexibility index (Phi) is 3.36. The highest BCUT2D eigenvalue weighted by Crippen LogP contribution is 2.37. The maximum absolute atomic E-state index is 12.8. The Morgan fingerprint density at radius 1 is 1.14 bits per heavy atom. The van der Waals surface area contributed by atoms with Crippen LogP contribution < -0.4 is 4.90 Å². The third-order valence-electron chi connectivity index (χ3n) is 4.21. The maximum atomic E-state index is 12.8. The predicted octanol–water partition coefficient (Wildman–Crippen LogP) is 3.37. The minimum atomic E-state index is -4.49. The van der Waals surface area contributed by atoms with Crippen molar-refractivity contribution in [3.8, 4) is 6.07 Å². The highest BCUT2D eigenvalue weighted by Gasteiger charge is 2.37. The molecular formula is C15H14F3N3. The summed E-state index contributed by atoms with van der Waals surface area (Å²) in [7, 11) is 0. The molecule has 1 fully saturated rings. The number of allylic oxidation sites excluding steroid dienone is 2. The summed E-state index contributed by atoms with van der Waals surface area (Å²) in [4.78, 5) is 5.54. The Morgan fingerprint density at radius 2 is 1.76 bits per heavy atom. The van der Waals surface area contributed by atoms with Gasteiger partial charge in [-0.1, -0.05) is 12.2 Å². The van der Waals surface area contributed by atoms with Gasteiger partial charge >= 0.3 is 6.18 Å². The SMILES string of the molecule is N#Cc1ccc(C(F)(F)F)nc1N1CC2CC=CCC2C1. The second kappa shape index (κ2) is 5.06. The van der Waals surface area contributed by atoms with Crippen molar-refractivity contribution in [3.63, 3.8) is 0 Å². The Bertz CT molecular complexity index is 600. The van der Waals surface area contributed by atoms with Gasteiger partial charge in [0.1, 0.15) is 17.6 Å². The zero-order valence-electron chi connectivity index (χ0n) is 11.3. The van der Waals surface area contributed by atoms with Crippen LogP contribution in [0.1, 0.15) is 24.1 Å². The number of pyridine rings is 1. The largest absolute Gasteiger partial charge is 0.433 e. The molecule has 110 valence electrons. The third kappa shape index (κ3) is 2.60. The van der Waals surface area contributed by atoms with Crippen molar-refractivity contribution in [2.24, 2.45) is 11.8 Å². The highest BCUT2D eigenvalue weighted by molar-refractivity contribution is 5.55. The number of rotatable bonds is 1. The summed E-state index contributed by atoms with van der Waals surface area (Å²) in [5.74, 6) is 1.05. The number of halogens is 3. The lowest BCUT2D eigenvalue weighted by atomic mass is 9.86. The van der Waals surface area contributed by atoms with Gasteiger partial charge in [-0.25, -0.2) is 4.98 Å². The Morgan fingerprint density at radius 3 is 2.29 bits per heavy atom. The van der Waals surface area contributed by atoms with Crippen LogP contribution in [0.2, 0.25) is 0 Å². The number of hydrogen-bond donors (Lipinski definition) is 0. The molecule has 1 aliphatic carbocycles. The van der Waals surface area contributed by atoms with Crippen molar-refractivity contribution in [2.45, 2.75) is 19.0 Å². The van der Waals surface area contributed by atoms with Crippen LogP contribution in [-0.2, 0) is 6.18 Å². The number of nitrogens with zero attached hydrogens (tertiary/aromatic N) is 3. The molecule has 0 saturated carbocycles. The molecular weight excluding hydrogens is 279 g/mol. The van der Waals surface area contributed by atoms with Gasteiger partial charge in [0.05, 0.1) is 5.56 Å². The van der Waals surface area contributed by atoms with E-state index in [-0.39, 0.29) is 11.4 Å². The highest BCUT2D eigenvalue weighted by atomic mass is 19.4. The van der Waals surface area contributed by atoms with E-state index in [1.54, 1.807) is 0 Å². The van der Waals surface area contributed by atoms with E-state index in [4.69, 9.17) is 5.26 Å². The van der Waals surface area contributed by atoms with Crippen molar-refractivity contribution in [2.75, 3.05) is 18.0 Å². The van der Waals surface area contributed by atoms with Crippen LogP contribution in [0.5, 0.6) is 0 Å². The predicted molar refractivity (Wildman–Crippen MR) is 71.5 cm³/mol. The van der Waals surface area contributed by atoms with Crippen LogP contribution in [0.4, 0.5) is 19.0 Å². The Hall–Kier alpha value is -2.03. The number of alkyl halides is 3.